The molecule has 1 nitrogen and oxygen atoms in total. The number of nitrogens with two attached hydrogens (primary N) is 1. The van der Waals surface area contributed by atoms with Gasteiger partial charge in [-0.3, -0.25) is 0 Å². The quantitative estimate of drug-likeness (QED) is 0.482. The number of allylic oxidation sites excluding steroid dienone is 1. The summed E-state index contributed by atoms with van der Waals surface area (Å²) in [6, 6.07) is 0.404. The Labute approximate surface area is 107 Å². The van der Waals surface area contributed by atoms with Gasteiger partial charge in [-0.1, -0.05) is 59.5 Å². The van der Waals surface area contributed by atoms with Crippen molar-refractivity contribution >= 4 is 0 Å². The van der Waals surface area contributed by atoms with E-state index in [0.29, 0.717) is 6.04 Å². The predicted octanol–water partition coefficient (Wildman–Crippen LogP) is 5.79. The third-order valence-corrected chi connectivity index (χ3v) is 1.26. The van der Waals surface area contributed by atoms with E-state index in [9.17, 15) is 0 Å². The first-order valence-electron chi connectivity index (χ1n) is 6.88. The second-order valence-corrected chi connectivity index (χ2v) is 3.68. The summed E-state index contributed by atoms with van der Waals surface area (Å²) in [5.74, 6) is 0. The highest BCUT2D eigenvalue weighted by molar-refractivity contribution is 4.78. The maximum absolute atomic E-state index is 5.53. The van der Waals surface area contributed by atoms with Crippen molar-refractivity contribution in [2.75, 3.05) is 0 Å². The molecule has 0 aliphatic rings. The molecule has 1 atom stereocenters. The molecule has 1 heteroatoms. The van der Waals surface area contributed by atoms with Crippen LogP contribution < -0.4 is 5.73 Å². The van der Waals surface area contributed by atoms with Crippen LogP contribution in [-0.2, 0) is 0 Å². The molecular formula is C15H39N. The Morgan fingerprint density at radius 1 is 1.12 bits per heavy atom. The van der Waals surface area contributed by atoms with Crippen LogP contribution >= 0.6 is 0 Å². The van der Waals surface area contributed by atoms with Crippen LogP contribution in [-0.4, -0.2) is 6.04 Å². The van der Waals surface area contributed by atoms with Crippen molar-refractivity contribution in [3.05, 3.63) is 12.2 Å². The predicted molar refractivity (Wildman–Crippen MR) is 83.1 cm³/mol. The van der Waals surface area contributed by atoms with Gasteiger partial charge >= 0.3 is 0 Å². The molecule has 0 saturated carbocycles. The average molecular weight is 233 g/mol. The Balaban J connectivity index is -0.0000000457. The zero-order valence-electron chi connectivity index (χ0n) is 13.2. The lowest BCUT2D eigenvalue weighted by molar-refractivity contribution is 0.592. The van der Waals surface area contributed by atoms with Crippen molar-refractivity contribution < 1.29 is 1.43 Å². The van der Waals surface area contributed by atoms with Crippen LogP contribution in [0.5, 0.6) is 0 Å². The maximum Gasteiger partial charge on any atom is 0.00104 e. The Morgan fingerprint density at radius 3 is 1.62 bits per heavy atom. The highest BCUT2D eigenvalue weighted by Crippen LogP contribution is 1.99. The van der Waals surface area contributed by atoms with Crippen molar-refractivity contribution in [1.82, 2.24) is 0 Å². The molecule has 0 saturated heterocycles. The molecule has 0 amide bonds. The summed E-state index contributed by atoms with van der Waals surface area (Å²) in [7, 11) is 0. The standard InChI is InChI=1S/C7H17N.C4H8.2C2H6.H2/c1-3-4-5-6-7(2)8;1-4(2)3;2*1-2;/h7H,3-6,8H2,1-2H3;1H2,2-3H3;2*1-2H3;1H. The molecule has 16 heavy (non-hydrogen) atoms. The Morgan fingerprint density at radius 2 is 1.44 bits per heavy atom. The summed E-state index contributed by atoms with van der Waals surface area (Å²) in [6.45, 7) is 19.8. The van der Waals surface area contributed by atoms with E-state index in [1.54, 1.807) is 0 Å². The van der Waals surface area contributed by atoms with Crippen LogP contribution in [0.2, 0.25) is 0 Å². The zero-order valence-corrected chi connectivity index (χ0v) is 13.2. The molecule has 0 rings (SSSR count). The van der Waals surface area contributed by atoms with Gasteiger partial charge in [0.25, 0.3) is 0 Å². The highest BCUT2D eigenvalue weighted by Gasteiger charge is 1.90. The molecule has 1 unspecified atom stereocenters. The van der Waals surface area contributed by atoms with Gasteiger partial charge in [-0.25, -0.2) is 0 Å². The van der Waals surface area contributed by atoms with Crippen molar-refractivity contribution in [3.8, 4) is 0 Å². The summed E-state index contributed by atoms with van der Waals surface area (Å²) in [5.41, 5.74) is 6.70. The van der Waals surface area contributed by atoms with Gasteiger partial charge in [0.1, 0.15) is 0 Å². The van der Waals surface area contributed by atoms with Gasteiger partial charge < -0.3 is 5.73 Å². The van der Waals surface area contributed by atoms with Gasteiger partial charge in [-0.05, 0) is 27.2 Å². The first-order valence-corrected chi connectivity index (χ1v) is 6.88. The van der Waals surface area contributed by atoms with E-state index in [-0.39, 0.29) is 1.43 Å². The molecule has 2 N–H and O–H groups in total. The van der Waals surface area contributed by atoms with E-state index in [0.717, 1.165) is 0 Å². The molecule has 0 aliphatic carbocycles. The number of hydrogen-bond donors (Lipinski definition) is 1. The fourth-order valence-electron chi connectivity index (χ4n) is 0.716. The summed E-state index contributed by atoms with van der Waals surface area (Å²) in [5, 5.41) is 0. The SMILES string of the molecule is C=C(C)C.CC.CC.CCCCCC(C)N.[HH]. The minimum absolute atomic E-state index is 0. The first-order chi connectivity index (χ1) is 7.50. The molecular weight excluding hydrogens is 194 g/mol. The largest absolute Gasteiger partial charge is 0.328 e. The summed E-state index contributed by atoms with van der Waals surface area (Å²) in [4.78, 5) is 0. The third kappa shape index (κ3) is 100. The van der Waals surface area contributed by atoms with Gasteiger partial charge in [0.05, 0.1) is 0 Å². The molecule has 0 spiro atoms. The van der Waals surface area contributed by atoms with Crippen molar-refractivity contribution in [2.24, 2.45) is 5.73 Å². The molecule has 0 aliphatic heterocycles. The second-order valence-electron chi connectivity index (χ2n) is 3.68. The molecule has 0 aromatic rings. The molecule has 0 aromatic carbocycles. The van der Waals surface area contributed by atoms with Crippen LogP contribution in [0, 0.1) is 0 Å². The Bertz CT molecular complexity index is 97.1. The van der Waals surface area contributed by atoms with Gasteiger partial charge in [0, 0.05) is 7.47 Å². The van der Waals surface area contributed by atoms with E-state index >= 15 is 0 Å². The zero-order chi connectivity index (χ0) is 14.0. The van der Waals surface area contributed by atoms with Crippen LogP contribution in [0.15, 0.2) is 12.2 Å². The lowest BCUT2D eigenvalue weighted by Crippen LogP contribution is -2.13. The van der Waals surface area contributed by atoms with Crippen molar-refractivity contribution in [3.63, 3.8) is 0 Å². The fourth-order valence-corrected chi connectivity index (χ4v) is 0.716. The Hall–Kier alpha value is -0.300. The Kier molecular flexibility index (Phi) is 45.4. The third-order valence-electron chi connectivity index (χ3n) is 1.26. The minimum Gasteiger partial charge on any atom is -0.328 e. The van der Waals surface area contributed by atoms with Gasteiger partial charge in [0.15, 0.2) is 0 Å². The highest BCUT2D eigenvalue weighted by atomic mass is 14.6. The number of rotatable bonds is 4. The lowest BCUT2D eigenvalue weighted by atomic mass is 10.1. The van der Waals surface area contributed by atoms with E-state index in [2.05, 4.69) is 20.4 Å². The molecule has 0 radical (unpaired) electrons. The summed E-state index contributed by atoms with van der Waals surface area (Å²) >= 11 is 0. The smallest absolute Gasteiger partial charge is 0.00104 e. The normalized spacial score (nSPS) is 9.31. The molecule has 0 bridgehead atoms. The molecule has 0 heterocycles. The van der Waals surface area contributed by atoms with Crippen LogP contribution in [0.3, 0.4) is 0 Å². The second kappa shape index (κ2) is 29.3. The minimum atomic E-state index is 0. The number of unbranched alkanes of at least 4 members (excludes halogenated alkanes) is 2. The van der Waals surface area contributed by atoms with E-state index in [1.807, 2.05) is 41.5 Å². The molecule has 0 fully saturated rings. The van der Waals surface area contributed by atoms with Crippen molar-refractivity contribution in [1.29, 1.82) is 0 Å². The molecule has 0 aromatic heterocycles. The van der Waals surface area contributed by atoms with E-state index < -0.39 is 0 Å². The monoisotopic (exact) mass is 233 g/mol. The average Bonchev–Trinajstić information content (AvgIpc) is 2.23. The summed E-state index contributed by atoms with van der Waals surface area (Å²) in [6.07, 6.45) is 5.12. The maximum atomic E-state index is 5.53. The summed E-state index contributed by atoms with van der Waals surface area (Å²) < 4.78 is 0. The number of hydrogen-bond acceptors (Lipinski definition) is 1. The fraction of sp³-hybridized carbons (Fsp3) is 0.867. The van der Waals surface area contributed by atoms with Gasteiger partial charge in [-0.15, -0.1) is 6.58 Å². The lowest BCUT2D eigenvalue weighted by Gasteiger charge is -2.01. The van der Waals surface area contributed by atoms with Crippen LogP contribution in [0.25, 0.3) is 0 Å². The van der Waals surface area contributed by atoms with Gasteiger partial charge in [-0.2, -0.15) is 0 Å². The topological polar surface area (TPSA) is 26.0 Å². The van der Waals surface area contributed by atoms with Crippen molar-refractivity contribution in [2.45, 2.75) is 87.1 Å². The van der Waals surface area contributed by atoms with Gasteiger partial charge in [0.2, 0.25) is 0 Å². The first kappa shape index (κ1) is 24.8. The van der Waals surface area contributed by atoms with Crippen LogP contribution in [0.4, 0.5) is 0 Å². The van der Waals surface area contributed by atoms with E-state index in [4.69, 9.17) is 5.73 Å². The molecule has 104 valence electrons. The van der Waals surface area contributed by atoms with Crippen LogP contribution in [0.1, 0.15) is 82.5 Å². The van der Waals surface area contributed by atoms with E-state index in [1.165, 1.54) is 31.3 Å².